The van der Waals surface area contributed by atoms with Gasteiger partial charge in [-0.05, 0) is 156 Å². The molecule has 13 aromatic rings. The van der Waals surface area contributed by atoms with E-state index >= 15 is 0 Å². The molecular weight excluding hydrogens is 989 g/mol. The van der Waals surface area contributed by atoms with Gasteiger partial charge in [-0.2, -0.15) is 15.8 Å². The highest BCUT2D eigenvalue weighted by Gasteiger charge is 2.21. The van der Waals surface area contributed by atoms with Crippen molar-refractivity contribution in [2.75, 3.05) is 9.80 Å². The summed E-state index contributed by atoms with van der Waals surface area (Å²) in [5, 5.41) is 32.2. The van der Waals surface area contributed by atoms with Crippen LogP contribution in [0.3, 0.4) is 0 Å². The van der Waals surface area contributed by atoms with Gasteiger partial charge in [-0.3, -0.25) is 0 Å². The Kier molecular flexibility index (Phi) is 12.9. The molecular formula is C73H46N8. The van der Waals surface area contributed by atoms with Crippen LogP contribution >= 0.6 is 0 Å². The Bertz CT molecular complexity index is 4300. The van der Waals surface area contributed by atoms with E-state index in [0.717, 1.165) is 95.0 Å². The van der Waals surface area contributed by atoms with Crippen molar-refractivity contribution in [3.63, 3.8) is 0 Å². The van der Waals surface area contributed by atoms with Gasteiger partial charge in [0, 0.05) is 67.3 Å². The zero-order valence-corrected chi connectivity index (χ0v) is 43.6. The molecule has 8 nitrogen and oxygen atoms in total. The first-order valence-electron chi connectivity index (χ1n) is 26.5. The summed E-state index contributed by atoms with van der Waals surface area (Å²) in [6.07, 6.45) is 0. The molecule has 0 spiro atoms. The fraction of sp³-hybridized carbons (Fsp3) is 0. The molecule has 13 rings (SSSR count). The molecule has 8 heteroatoms. The van der Waals surface area contributed by atoms with E-state index in [9.17, 15) is 15.8 Å². The Labute approximate surface area is 469 Å². The molecule has 0 saturated carbocycles. The molecule has 0 aliphatic rings. The highest BCUT2D eigenvalue weighted by Crippen LogP contribution is 2.43. The van der Waals surface area contributed by atoms with Crippen molar-refractivity contribution in [1.29, 1.82) is 15.8 Å². The molecule has 11 aromatic carbocycles. The van der Waals surface area contributed by atoms with Gasteiger partial charge in [0.05, 0.1) is 57.3 Å². The summed E-state index contributed by atoms with van der Waals surface area (Å²) in [6, 6.07) is 102. The van der Waals surface area contributed by atoms with Crippen molar-refractivity contribution in [3.05, 3.63) is 296 Å². The molecule has 81 heavy (non-hydrogen) atoms. The average molecular weight is 1040 g/mol. The number of hydrogen-bond donors (Lipinski definition) is 0. The predicted octanol–water partition coefficient (Wildman–Crippen LogP) is 18.5. The van der Waals surface area contributed by atoms with Crippen LogP contribution in [0.2, 0.25) is 0 Å². The third kappa shape index (κ3) is 9.57. The fourth-order valence-electron chi connectivity index (χ4n) is 10.8. The number of benzene rings is 11. The lowest BCUT2D eigenvalue weighted by Gasteiger charge is -2.26. The van der Waals surface area contributed by atoms with Crippen LogP contribution in [-0.4, -0.2) is 14.5 Å². The largest absolute Gasteiger partial charge is 0.310 e. The first kappa shape index (κ1) is 49.0. The van der Waals surface area contributed by atoms with E-state index in [4.69, 9.17) is 9.97 Å². The van der Waals surface area contributed by atoms with Crippen molar-refractivity contribution in [1.82, 2.24) is 14.5 Å². The number of nitrogens with zero attached hydrogens (tertiary/aromatic N) is 8. The molecule has 0 fully saturated rings. The number of nitriles is 3. The van der Waals surface area contributed by atoms with Gasteiger partial charge in [0.25, 0.3) is 0 Å². The number of para-hydroxylation sites is 4. The topological polar surface area (TPSA) is 109 Å². The lowest BCUT2D eigenvalue weighted by molar-refractivity contribution is 1.18. The lowest BCUT2D eigenvalue weighted by atomic mass is 9.95. The lowest BCUT2D eigenvalue weighted by Crippen LogP contribution is -2.09. The average Bonchev–Trinajstić information content (AvgIpc) is 4.14. The van der Waals surface area contributed by atoms with Gasteiger partial charge in [-0.1, -0.05) is 146 Å². The summed E-state index contributed by atoms with van der Waals surface area (Å²) < 4.78 is 2.37. The van der Waals surface area contributed by atoms with E-state index in [2.05, 4.69) is 239 Å². The van der Waals surface area contributed by atoms with Crippen LogP contribution in [0.4, 0.5) is 34.1 Å². The van der Waals surface area contributed by atoms with Crippen molar-refractivity contribution in [2.24, 2.45) is 0 Å². The normalized spacial score (nSPS) is 10.9. The Hall–Kier alpha value is -11.6. The Morgan fingerprint density at radius 3 is 1.20 bits per heavy atom. The van der Waals surface area contributed by atoms with Crippen LogP contribution in [0.1, 0.15) is 16.7 Å². The van der Waals surface area contributed by atoms with E-state index in [1.807, 2.05) is 42.5 Å². The van der Waals surface area contributed by atoms with E-state index in [0.29, 0.717) is 39.5 Å². The maximum absolute atomic E-state index is 10.6. The summed E-state index contributed by atoms with van der Waals surface area (Å²) >= 11 is 0. The number of aromatic nitrogens is 3. The van der Waals surface area contributed by atoms with Gasteiger partial charge >= 0.3 is 0 Å². The third-order valence-corrected chi connectivity index (χ3v) is 14.7. The zero-order valence-electron chi connectivity index (χ0n) is 43.6. The highest BCUT2D eigenvalue weighted by molar-refractivity contribution is 6.12. The van der Waals surface area contributed by atoms with E-state index in [-0.39, 0.29) is 0 Å². The highest BCUT2D eigenvalue weighted by atomic mass is 15.1. The molecule has 0 aliphatic carbocycles. The molecule has 0 N–H and O–H groups in total. The smallest absolute Gasteiger partial charge is 0.160 e. The second-order valence-electron chi connectivity index (χ2n) is 19.6. The van der Waals surface area contributed by atoms with E-state index in [1.165, 1.54) is 0 Å². The first-order chi connectivity index (χ1) is 40.0. The third-order valence-electron chi connectivity index (χ3n) is 14.7. The summed E-state index contributed by atoms with van der Waals surface area (Å²) in [5.41, 5.74) is 18.3. The van der Waals surface area contributed by atoms with E-state index < -0.39 is 0 Å². The predicted molar refractivity (Wildman–Crippen MR) is 327 cm³/mol. The molecule has 0 amide bonds. The molecule has 0 unspecified atom stereocenters. The van der Waals surface area contributed by atoms with Gasteiger partial charge in [0.2, 0.25) is 0 Å². The Balaban J connectivity index is 0.856. The quantitative estimate of drug-likeness (QED) is 0.120. The maximum Gasteiger partial charge on any atom is 0.160 e. The molecule has 0 bridgehead atoms. The van der Waals surface area contributed by atoms with Gasteiger partial charge in [0.15, 0.2) is 5.82 Å². The zero-order chi connectivity index (χ0) is 54.7. The molecule has 0 atom stereocenters. The summed E-state index contributed by atoms with van der Waals surface area (Å²) in [7, 11) is 0. The SMILES string of the molecule is N#Cc1cccc(-c2cc(-c3ccc(-c4ccc(-c5ccc(-n6c7ccc(N(c8ccccc8)c8ccccc8)cc7c7cc(N(c8ccccc8)c8ccccc8)ccc76)cc5)cc4)c(C#N)c3)nc(-c3cccc(C#N)c3)n2)c1. The van der Waals surface area contributed by atoms with Crippen LogP contribution in [-0.2, 0) is 0 Å². The number of hydrogen-bond acceptors (Lipinski definition) is 7. The Morgan fingerprint density at radius 2 is 0.728 bits per heavy atom. The maximum atomic E-state index is 10.6. The van der Waals surface area contributed by atoms with Crippen molar-refractivity contribution >= 4 is 55.9 Å². The van der Waals surface area contributed by atoms with Gasteiger partial charge < -0.3 is 14.4 Å². The van der Waals surface area contributed by atoms with Crippen LogP contribution < -0.4 is 9.80 Å². The van der Waals surface area contributed by atoms with Crippen molar-refractivity contribution in [2.45, 2.75) is 0 Å². The van der Waals surface area contributed by atoms with Crippen molar-refractivity contribution in [3.8, 4) is 80.1 Å². The molecule has 0 radical (unpaired) electrons. The Morgan fingerprint density at radius 1 is 0.309 bits per heavy atom. The van der Waals surface area contributed by atoms with Crippen LogP contribution in [0, 0.1) is 34.0 Å². The molecule has 0 aliphatic heterocycles. The molecule has 0 saturated heterocycles. The van der Waals surface area contributed by atoms with Crippen LogP contribution in [0.25, 0.3) is 83.6 Å². The molecule has 2 aromatic heterocycles. The standard InChI is InChI=1S/C73H46N8/c74-47-50-15-13-17-55(41-50)69-46-70(78-73(77-69)57-18-14-16-51(42-57)48-75)56-33-38-66(58(43-56)49-76)54-29-27-52(28-30-54)53-31-34-63(35-32-53)81-71-39-36-64(79(59-19-5-1-6-20-59)60-21-7-2-8-22-60)44-67(71)68-45-65(37-40-72(68)81)80(61-23-9-3-10-24-61)62-25-11-4-12-26-62/h1-46H. The van der Waals surface area contributed by atoms with Crippen LogP contribution in [0.5, 0.6) is 0 Å². The van der Waals surface area contributed by atoms with Crippen LogP contribution in [0.15, 0.2) is 279 Å². The number of fused-ring (bicyclic) bond motifs is 3. The van der Waals surface area contributed by atoms with Gasteiger partial charge in [-0.25, -0.2) is 9.97 Å². The molecule has 378 valence electrons. The summed E-state index contributed by atoms with van der Waals surface area (Å²) in [4.78, 5) is 14.5. The number of rotatable bonds is 12. The van der Waals surface area contributed by atoms with Crippen molar-refractivity contribution < 1.29 is 0 Å². The minimum atomic E-state index is 0.427. The van der Waals surface area contributed by atoms with E-state index in [1.54, 1.807) is 30.3 Å². The summed E-state index contributed by atoms with van der Waals surface area (Å²) in [6.45, 7) is 0. The minimum Gasteiger partial charge on any atom is -0.310 e. The summed E-state index contributed by atoms with van der Waals surface area (Å²) in [5.74, 6) is 0.427. The second-order valence-corrected chi connectivity index (χ2v) is 19.6. The van der Waals surface area contributed by atoms with Gasteiger partial charge in [-0.15, -0.1) is 0 Å². The minimum absolute atomic E-state index is 0.427. The molecule has 2 heterocycles. The first-order valence-corrected chi connectivity index (χ1v) is 26.5. The second kappa shape index (κ2) is 21.4. The number of anilines is 6. The fourth-order valence-corrected chi connectivity index (χ4v) is 10.8. The van der Waals surface area contributed by atoms with Gasteiger partial charge in [0.1, 0.15) is 0 Å². The monoisotopic (exact) mass is 1030 g/mol.